The molecular formula is C49H71N4O10PSi. The summed E-state index contributed by atoms with van der Waals surface area (Å²) in [6.45, 7) is 21.7. The molecule has 5 atom stereocenters. The molecule has 65 heavy (non-hydrogen) atoms. The quantitative estimate of drug-likeness (QED) is 0.0300. The molecule has 0 aliphatic carbocycles. The van der Waals surface area contributed by atoms with Crippen molar-refractivity contribution in [3.8, 4) is 17.6 Å². The van der Waals surface area contributed by atoms with Crippen molar-refractivity contribution in [2.75, 3.05) is 40.8 Å². The van der Waals surface area contributed by atoms with Gasteiger partial charge in [0.2, 0.25) is 14.2 Å². The number of hydrogen-bond acceptors (Lipinski definition) is 12. The Kier molecular flexibility index (Phi) is 19.0. The third-order valence-electron chi connectivity index (χ3n) is 12.5. The zero-order valence-electron chi connectivity index (χ0n) is 40.3. The number of benzene rings is 3. The van der Waals surface area contributed by atoms with Gasteiger partial charge < -0.3 is 37.2 Å². The number of nitrogens with zero attached hydrogens (tertiary/aromatic N) is 3. The van der Waals surface area contributed by atoms with Crippen molar-refractivity contribution >= 4 is 28.8 Å². The summed E-state index contributed by atoms with van der Waals surface area (Å²) in [5.74, 6) is 1.00. The van der Waals surface area contributed by atoms with Crippen LogP contribution in [0.4, 0.5) is 4.79 Å². The van der Waals surface area contributed by atoms with E-state index < -0.39 is 53.0 Å². The fourth-order valence-electron chi connectivity index (χ4n) is 9.61. The molecule has 3 aromatic rings. The Labute approximate surface area is 389 Å². The van der Waals surface area contributed by atoms with Crippen molar-refractivity contribution in [3.63, 3.8) is 0 Å². The number of rotatable bonds is 24. The van der Waals surface area contributed by atoms with Crippen molar-refractivity contribution in [2.45, 2.75) is 141 Å². The monoisotopic (exact) mass is 934 g/mol. The van der Waals surface area contributed by atoms with E-state index in [2.05, 4.69) is 85.3 Å². The Hall–Kier alpha value is -3.94. The minimum Gasteiger partial charge on any atom is -0.497 e. The van der Waals surface area contributed by atoms with Crippen LogP contribution in [0.3, 0.4) is 0 Å². The largest absolute Gasteiger partial charge is 0.497 e. The van der Waals surface area contributed by atoms with E-state index in [1.165, 1.54) is 4.90 Å². The first-order valence-electron chi connectivity index (χ1n) is 22.8. The molecule has 0 saturated carbocycles. The molecule has 14 nitrogen and oxygen atoms in total. The molecule has 356 valence electrons. The fourth-order valence-corrected chi connectivity index (χ4v) is 16.7. The van der Waals surface area contributed by atoms with Crippen LogP contribution in [0.2, 0.25) is 16.6 Å². The molecule has 2 heterocycles. The van der Waals surface area contributed by atoms with Crippen molar-refractivity contribution in [3.05, 3.63) is 95.6 Å². The van der Waals surface area contributed by atoms with Crippen LogP contribution in [0.15, 0.2) is 78.9 Å². The normalized spacial score (nSPS) is 20.0. The van der Waals surface area contributed by atoms with E-state index in [1.54, 1.807) is 14.2 Å². The third-order valence-corrected chi connectivity index (χ3v) is 20.6. The fraction of sp³-hybridized carbons (Fsp3) is 0.571. The average Bonchev–Trinajstić information content (AvgIpc) is 3.61. The minimum absolute atomic E-state index is 0.0109. The molecule has 2 aliphatic rings. The predicted molar refractivity (Wildman–Crippen MR) is 254 cm³/mol. The van der Waals surface area contributed by atoms with E-state index in [-0.39, 0.29) is 74.0 Å². The van der Waals surface area contributed by atoms with Crippen LogP contribution >= 0.6 is 8.53 Å². The molecule has 2 saturated heterocycles. The lowest BCUT2D eigenvalue weighted by atomic mass is 9.80. The highest BCUT2D eigenvalue weighted by Gasteiger charge is 2.54. The van der Waals surface area contributed by atoms with Crippen LogP contribution in [0, 0.1) is 11.3 Å². The molecule has 5 rings (SSSR count). The van der Waals surface area contributed by atoms with E-state index in [1.807, 2.05) is 78.9 Å². The molecule has 2 fully saturated rings. The van der Waals surface area contributed by atoms with Gasteiger partial charge in [-0.25, -0.2) is 9.46 Å². The first kappa shape index (κ1) is 52.0. The van der Waals surface area contributed by atoms with Gasteiger partial charge in [0, 0.05) is 25.0 Å². The van der Waals surface area contributed by atoms with Gasteiger partial charge in [-0.2, -0.15) is 5.26 Å². The summed E-state index contributed by atoms with van der Waals surface area (Å²) in [6.07, 6.45) is -3.49. The molecule has 3 aromatic carbocycles. The number of urea groups is 1. The van der Waals surface area contributed by atoms with Crippen LogP contribution in [0.5, 0.6) is 11.5 Å². The van der Waals surface area contributed by atoms with Crippen LogP contribution in [-0.4, -0.2) is 107 Å². The molecule has 0 spiro atoms. The van der Waals surface area contributed by atoms with Gasteiger partial charge in [0.25, 0.3) is 8.53 Å². The second kappa shape index (κ2) is 23.7. The van der Waals surface area contributed by atoms with Crippen molar-refractivity contribution in [2.24, 2.45) is 0 Å². The van der Waals surface area contributed by atoms with E-state index in [0.717, 1.165) is 16.7 Å². The number of methoxy groups -OCH3 is 2. The minimum atomic E-state index is -2.44. The Morgan fingerprint density at radius 1 is 0.815 bits per heavy atom. The Bertz CT molecular complexity index is 1920. The summed E-state index contributed by atoms with van der Waals surface area (Å²) in [5.41, 5.74) is 2.12. The number of carbonyl (C=O) groups excluding carboxylic acids is 2. The summed E-state index contributed by atoms with van der Waals surface area (Å²) in [7, 11) is -1.03. The zero-order chi connectivity index (χ0) is 47.5. The Morgan fingerprint density at radius 2 is 1.35 bits per heavy atom. The number of nitrogens with one attached hydrogen (secondary N) is 1. The highest BCUT2D eigenvalue weighted by Crippen LogP contribution is 2.51. The van der Waals surface area contributed by atoms with Gasteiger partial charge in [-0.05, 0) is 85.3 Å². The highest BCUT2D eigenvalue weighted by molar-refractivity contribution is 7.44. The highest BCUT2D eigenvalue weighted by atomic mass is 31.2. The first-order chi connectivity index (χ1) is 31.0. The lowest BCUT2D eigenvalue weighted by molar-refractivity contribution is -0.138. The summed E-state index contributed by atoms with van der Waals surface area (Å²) in [5, 5.41) is 12.0. The van der Waals surface area contributed by atoms with Crippen LogP contribution < -0.4 is 14.8 Å². The second-order valence-corrected chi connectivity index (χ2v) is 24.9. The Balaban J connectivity index is 1.68. The summed E-state index contributed by atoms with van der Waals surface area (Å²) < 4.78 is 55.4. The first-order valence-corrected chi connectivity index (χ1v) is 26.1. The van der Waals surface area contributed by atoms with Gasteiger partial charge in [-0.15, -0.1) is 0 Å². The van der Waals surface area contributed by atoms with Crippen LogP contribution in [0.25, 0.3) is 0 Å². The number of imide groups is 1. The number of ether oxygens (including phenoxy) is 5. The van der Waals surface area contributed by atoms with Gasteiger partial charge in [0.1, 0.15) is 42.2 Å². The van der Waals surface area contributed by atoms with Gasteiger partial charge in [-0.3, -0.25) is 15.0 Å². The SMILES string of the molecule is COc1ccc(C(OC[C@H]2O[C@@H](N3CCC(=O)NC3=O)[C@H](OCO[Si](C(C)C)(C(C)C)C(C)C)[C@@H]2OP(OCCC#N)N(C(C)C)C(C)C)(c2ccccc2)c2ccc(OC)cc2)cc1. The number of nitriles is 1. The smallest absolute Gasteiger partial charge is 0.326 e. The average molecular weight is 935 g/mol. The third kappa shape index (κ3) is 11.8. The molecule has 3 amide bonds. The molecule has 2 aliphatic heterocycles. The van der Waals surface area contributed by atoms with Gasteiger partial charge in [0.15, 0.2) is 6.23 Å². The summed E-state index contributed by atoms with van der Waals surface area (Å²) >= 11 is 0. The van der Waals surface area contributed by atoms with Crippen molar-refractivity contribution < 1.29 is 46.7 Å². The molecule has 16 heteroatoms. The zero-order valence-corrected chi connectivity index (χ0v) is 42.2. The van der Waals surface area contributed by atoms with Gasteiger partial charge in [0.05, 0.1) is 39.9 Å². The van der Waals surface area contributed by atoms with E-state index >= 15 is 0 Å². The van der Waals surface area contributed by atoms with Crippen LogP contribution in [-0.2, 0) is 38.1 Å². The lowest BCUT2D eigenvalue weighted by Crippen LogP contribution is -2.57. The second-order valence-electron chi connectivity index (χ2n) is 18.0. The molecule has 1 unspecified atom stereocenters. The number of hydrogen-bond donors (Lipinski definition) is 1. The standard InChI is InChI=1S/C49H71N4O10PSi/c1-33(2)53(34(3)4)64(60-30-16-28-50)63-45-43(62-47(52-29-27-44(54)51-48(52)55)46(45)58-32-61-65(35(5)6,36(7)8)37(9)10)31-59-49(38-17-14-13-15-18-38,39-19-23-41(56-11)24-20-39)40-21-25-42(57-12)26-22-40/h13-15,17-26,33-37,43,45-47H,16,27,29-32H2,1-12H3,(H,51,54,55)/t43-,45-,46-,47-,64?/m1/s1. The number of carbonyl (C=O) groups is 2. The topological polar surface area (TPSA) is 150 Å². The number of amides is 3. The molecule has 1 N–H and O–H groups in total. The van der Waals surface area contributed by atoms with Crippen molar-refractivity contribution in [1.29, 1.82) is 5.26 Å². The maximum Gasteiger partial charge on any atom is 0.326 e. The molecular weight excluding hydrogens is 864 g/mol. The van der Waals surface area contributed by atoms with Crippen LogP contribution in [0.1, 0.15) is 98.8 Å². The van der Waals surface area contributed by atoms with E-state index in [4.69, 9.17) is 37.2 Å². The lowest BCUT2D eigenvalue weighted by Gasteiger charge is -2.43. The molecule has 0 aromatic heterocycles. The van der Waals surface area contributed by atoms with E-state index in [9.17, 15) is 14.9 Å². The molecule has 0 radical (unpaired) electrons. The summed E-state index contributed by atoms with van der Waals surface area (Å²) in [6, 6.07) is 27.1. The van der Waals surface area contributed by atoms with Gasteiger partial charge in [-0.1, -0.05) is 96.1 Å². The molecule has 0 bridgehead atoms. The van der Waals surface area contributed by atoms with Crippen molar-refractivity contribution in [1.82, 2.24) is 14.9 Å². The predicted octanol–water partition coefficient (Wildman–Crippen LogP) is 9.88. The maximum absolute atomic E-state index is 13.8. The Morgan fingerprint density at radius 3 is 1.83 bits per heavy atom. The van der Waals surface area contributed by atoms with Gasteiger partial charge >= 0.3 is 6.03 Å². The maximum atomic E-state index is 13.8. The van der Waals surface area contributed by atoms with E-state index in [0.29, 0.717) is 11.5 Å². The summed E-state index contributed by atoms with van der Waals surface area (Å²) in [4.78, 5) is 27.8.